The fourth-order valence-electron chi connectivity index (χ4n) is 1.78. The van der Waals surface area contributed by atoms with E-state index in [9.17, 15) is 5.26 Å². The summed E-state index contributed by atoms with van der Waals surface area (Å²) in [6.45, 7) is 2.14. The third-order valence-corrected chi connectivity index (χ3v) is 4.82. The van der Waals surface area contributed by atoms with Crippen molar-refractivity contribution in [3.8, 4) is 6.07 Å². The largest absolute Gasteiger partial charge is 0.197 e. The summed E-state index contributed by atoms with van der Waals surface area (Å²) in [5.74, 6) is 0.478. The van der Waals surface area contributed by atoms with Gasteiger partial charge in [0.1, 0.15) is 4.75 Å². The number of halogens is 1. The van der Waals surface area contributed by atoms with E-state index in [2.05, 4.69) is 13.0 Å². The molecule has 0 N–H and O–H groups in total. The predicted molar refractivity (Wildman–Crippen MR) is 64.1 cm³/mol. The van der Waals surface area contributed by atoms with Crippen molar-refractivity contribution in [3.63, 3.8) is 0 Å². The second-order valence-corrected chi connectivity index (χ2v) is 5.84. The lowest BCUT2D eigenvalue weighted by atomic mass is 9.75. The van der Waals surface area contributed by atoms with E-state index in [1.54, 1.807) is 11.8 Å². The Labute approximate surface area is 99.4 Å². The lowest BCUT2D eigenvalue weighted by Gasteiger charge is -2.41. The minimum absolute atomic E-state index is 0.218. The Hall–Kier alpha value is -0.650. The van der Waals surface area contributed by atoms with E-state index in [1.807, 2.05) is 24.3 Å². The standard InChI is InChI=1S/C12H12ClNS/c1-9-5-6-12(9,8-14)15-11-4-2-3-10(13)7-11/h2-4,7,9H,5-6H2,1H3. The summed E-state index contributed by atoms with van der Waals surface area (Å²) >= 11 is 7.57. The van der Waals surface area contributed by atoms with Gasteiger partial charge in [0.05, 0.1) is 6.07 Å². The van der Waals surface area contributed by atoms with E-state index in [0.29, 0.717) is 5.92 Å². The Balaban J connectivity index is 2.18. The summed E-state index contributed by atoms with van der Waals surface area (Å²) in [4.78, 5) is 1.09. The molecule has 0 amide bonds. The first kappa shape index (κ1) is 10.9. The number of hydrogen-bond acceptors (Lipinski definition) is 2. The number of nitrogens with zero attached hydrogens (tertiary/aromatic N) is 1. The summed E-state index contributed by atoms with van der Waals surface area (Å²) in [7, 11) is 0. The molecule has 15 heavy (non-hydrogen) atoms. The van der Waals surface area contributed by atoms with Crippen LogP contribution in [0.2, 0.25) is 5.02 Å². The molecular weight excluding hydrogens is 226 g/mol. The Morgan fingerprint density at radius 3 is 2.87 bits per heavy atom. The van der Waals surface area contributed by atoms with Crippen LogP contribution in [0.5, 0.6) is 0 Å². The van der Waals surface area contributed by atoms with Gasteiger partial charge in [0.2, 0.25) is 0 Å². The predicted octanol–water partition coefficient (Wildman–Crippen LogP) is 4.12. The summed E-state index contributed by atoms with van der Waals surface area (Å²) < 4.78 is -0.218. The van der Waals surface area contributed by atoms with Gasteiger partial charge in [0, 0.05) is 9.92 Å². The second kappa shape index (κ2) is 4.08. The van der Waals surface area contributed by atoms with Gasteiger partial charge in [0.15, 0.2) is 0 Å². The molecular formula is C12H12ClNS. The number of hydrogen-bond donors (Lipinski definition) is 0. The lowest BCUT2D eigenvalue weighted by molar-refractivity contribution is 0.297. The van der Waals surface area contributed by atoms with Crippen LogP contribution in [0.3, 0.4) is 0 Å². The van der Waals surface area contributed by atoms with Crippen molar-refractivity contribution in [2.75, 3.05) is 0 Å². The molecule has 2 rings (SSSR count). The van der Waals surface area contributed by atoms with E-state index in [4.69, 9.17) is 11.6 Å². The SMILES string of the molecule is CC1CCC1(C#N)Sc1cccc(Cl)c1. The van der Waals surface area contributed by atoms with Crippen LogP contribution in [0.15, 0.2) is 29.2 Å². The lowest BCUT2D eigenvalue weighted by Crippen LogP contribution is -2.40. The third kappa shape index (κ3) is 2.00. The molecule has 78 valence electrons. The topological polar surface area (TPSA) is 23.8 Å². The molecule has 1 fully saturated rings. The minimum Gasteiger partial charge on any atom is -0.197 e. The van der Waals surface area contributed by atoms with Crippen LogP contribution in [0.4, 0.5) is 0 Å². The van der Waals surface area contributed by atoms with Gasteiger partial charge in [0.25, 0.3) is 0 Å². The zero-order valence-electron chi connectivity index (χ0n) is 8.53. The molecule has 0 spiro atoms. The highest BCUT2D eigenvalue weighted by Gasteiger charge is 2.45. The number of benzene rings is 1. The van der Waals surface area contributed by atoms with Crippen molar-refractivity contribution in [2.24, 2.45) is 5.92 Å². The fourth-order valence-corrected chi connectivity index (χ4v) is 3.37. The molecule has 1 aromatic rings. The molecule has 1 aromatic carbocycles. The molecule has 0 saturated heterocycles. The van der Waals surface area contributed by atoms with Gasteiger partial charge >= 0.3 is 0 Å². The van der Waals surface area contributed by atoms with Gasteiger partial charge in [-0.3, -0.25) is 0 Å². The van der Waals surface area contributed by atoms with Gasteiger partial charge in [-0.05, 0) is 37.0 Å². The molecule has 0 radical (unpaired) electrons. The minimum atomic E-state index is -0.218. The van der Waals surface area contributed by atoms with Crippen LogP contribution in [-0.4, -0.2) is 4.75 Å². The third-order valence-electron chi connectivity index (χ3n) is 3.03. The molecule has 2 unspecified atom stereocenters. The van der Waals surface area contributed by atoms with Gasteiger partial charge in [-0.25, -0.2) is 0 Å². The van der Waals surface area contributed by atoms with Crippen molar-refractivity contribution < 1.29 is 0 Å². The van der Waals surface area contributed by atoms with Crippen LogP contribution in [-0.2, 0) is 0 Å². The molecule has 1 saturated carbocycles. The highest BCUT2D eigenvalue weighted by Crippen LogP contribution is 2.51. The van der Waals surface area contributed by atoms with Crippen LogP contribution >= 0.6 is 23.4 Å². The molecule has 0 aromatic heterocycles. The fraction of sp³-hybridized carbons (Fsp3) is 0.417. The van der Waals surface area contributed by atoms with Gasteiger partial charge < -0.3 is 0 Å². The number of rotatable bonds is 2. The summed E-state index contributed by atoms with van der Waals surface area (Å²) in [6, 6.07) is 10.2. The molecule has 1 aliphatic rings. The van der Waals surface area contributed by atoms with Crippen LogP contribution in [0.25, 0.3) is 0 Å². The molecule has 3 heteroatoms. The van der Waals surface area contributed by atoms with E-state index < -0.39 is 0 Å². The van der Waals surface area contributed by atoms with Gasteiger partial charge in [-0.15, -0.1) is 11.8 Å². The Kier molecular flexibility index (Phi) is 2.95. The molecule has 1 aliphatic carbocycles. The Morgan fingerprint density at radius 2 is 2.40 bits per heavy atom. The monoisotopic (exact) mass is 237 g/mol. The zero-order chi connectivity index (χ0) is 10.9. The van der Waals surface area contributed by atoms with E-state index in [0.717, 1.165) is 22.8 Å². The van der Waals surface area contributed by atoms with E-state index >= 15 is 0 Å². The Bertz CT molecular complexity index is 412. The first-order chi connectivity index (χ1) is 7.16. The maximum atomic E-state index is 9.23. The second-order valence-electron chi connectivity index (χ2n) is 4.00. The van der Waals surface area contributed by atoms with Crippen LogP contribution in [0.1, 0.15) is 19.8 Å². The zero-order valence-corrected chi connectivity index (χ0v) is 10.1. The first-order valence-electron chi connectivity index (χ1n) is 5.02. The molecule has 0 bridgehead atoms. The quantitative estimate of drug-likeness (QED) is 0.773. The number of nitriles is 1. The summed E-state index contributed by atoms with van der Waals surface area (Å²) in [6.07, 6.45) is 2.14. The first-order valence-corrected chi connectivity index (χ1v) is 6.21. The maximum Gasteiger partial charge on any atom is 0.110 e. The van der Waals surface area contributed by atoms with Crippen molar-refractivity contribution >= 4 is 23.4 Å². The Morgan fingerprint density at radius 1 is 1.60 bits per heavy atom. The van der Waals surface area contributed by atoms with Crippen LogP contribution in [0, 0.1) is 17.2 Å². The van der Waals surface area contributed by atoms with E-state index in [1.165, 1.54) is 0 Å². The number of thioether (sulfide) groups is 1. The van der Waals surface area contributed by atoms with Crippen molar-refractivity contribution in [2.45, 2.75) is 29.4 Å². The average molecular weight is 238 g/mol. The molecule has 0 heterocycles. The maximum absolute atomic E-state index is 9.23. The molecule has 0 aliphatic heterocycles. The summed E-state index contributed by atoms with van der Waals surface area (Å²) in [5.41, 5.74) is 0. The van der Waals surface area contributed by atoms with E-state index in [-0.39, 0.29) is 4.75 Å². The van der Waals surface area contributed by atoms with Crippen molar-refractivity contribution in [3.05, 3.63) is 29.3 Å². The normalized spacial score (nSPS) is 29.3. The van der Waals surface area contributed by atoms with Gasteiger partial charge in [-0.1, -0.05) is 24.6 Å². The smallest absolute Gasteiger partial charge is 0.110 e. The van der Waals surface area contributed by atoms with Gasteiger partial charge in [-0.2, -0.15) is 5.26 Å². The average Bonchev–Trinajstić information content (AvgIpc) is 2.24. The highest BCUT2D eigenvalue weighted by atomic mass is 35.5. The molecule has 2 atom stereocenters. The molecule has 1 nitrogen and oxygen atoms in total. The summed E-state index contributed by atoms with van der Waals surface area (Å²) in [5, 5.41) is 9.97. The van der Waals surface area contributed by atoms with Crippen LogP contribution < -0.4 is 0 Å². The van der Waals surface area contributed by atoms with Crippen molar-refractivity contribution in [1.29, 1.82) is 5.26 Å². The highest BCUT2D eigenvalue weighted by molar-refractivity contribution is 8.01. The van der Waals surface area contributed by atoms with Crippen molar-refractivity contribution in [1.82, 2.24) is 0 Å².